The zero-order valence-corrected chi connectivity index (χ0v) is 13.8. The third-order valence-electron chi connectivity index (χ3n) is 3.89. The van der Waals surface area contributed by atoms with Gasteiger partial charge < -0.3 is 19.5 Å². The van der Waals surface area contributed by atoms with Crippen LogP contribution in [0.25, 0.3) is 0 Å². The van der Waals surface area contributed by atoms with Gasteiger partial charge in [0.25, 0.3) is 5.91 Å². The summed E-state index contributed by atoms with van der Waals surface area (Å²) in [7, 11) is 1.57. The predicted octanol–water partition coefficient (Wildman–Crippen LogP) is 2.74. The monoisotopic (exact) mass is 307 g/mol. The molecule has 1 aliphatic rings. The number of fused-ring (bicyclic) bond motifs is 1. The average molecular weight is 307 g/mol. The topological polar surface area (TPSA) is 59.0 Å². The number of benzene rings is 1. The Morgan fingerprint density at radius 3 is 2.68 bits per heavy atom. The molecule has 5 nitrogen and oxygen atoms in total. The molecule has 2 rings (SSSR count). The molecule has 0 bridgehead atoms. The molecule has 0 aromatic heterocycles. The van der Waals surface area contributed by atoms with Crippen molar-refractivity contribution in [2.45, 2.75) is 46.3 Å². The average Bonchev–Trinajstić information content (AvgIpc) is 2.52. The third-order valence-corrected chi connectivity index (χ3v) is 3.89. The first-order valence-corrected chi connectivity index (χ1v) is 7.81. The van der Waals surface area contributed by atoms with Crippen LogP contribution in [0.4, 0.5) is 5.69 Å². The van der Waals surface area contributed by atoms with E-state index in [9.17, 15) is 9.90 Å². The van der Waals surface area contributed by atoms with Crippen LogP contribution in [0.2, 0.25) is 0 Å². The number of carbonyl (C=O) groups is 1. The van der Waals surface area contributed by atoms with E-state index in [-0.39, 0.29) is 12.5 Å². The zero-order chi connectivity index (χ0) is 16.3. The number of hydrogen-bond acceptors (Lipinski definition) is 4. The van der Waals surface area contributed by atoms with Gasteiger partial charge in [0, 0.05) is 6.54 Å². The van der Waals surface area contributed by atoms with Crippen LogP contribution >= 0.6 is 0 Å². The minimum atomic E-state index is -0.478. The number of methoxy groups -OCH3 is 1. The Morgan fingerprint density at radius 2 is 2.14 bits per heavy atom. The van der Waals surface area contributed by atoms with Crippen molar-refractivity contribution in [3.05, 3.63) is 17.7 Å². The first-order valence-electron chi connectivity index (χ1n) is 7.81. The van der Waals surface area contributed by atoms with Crippen LogP contribution in [0, 0.1) is 5.92 Å². The van der Waals surface area contributed by atoms with Gasteiger partial charge in [0.1, 0.15) is 0 Å². The number of aliphatic hydroxyl groups is 1. The van der Waals surface area contributed by atoms with Crippen LogP contribution in [0.5, 0.6) is 11.5 Å². The van der Waals surface area contributed by atoms with Crippen LogP contribution in [-0.4, -0.2) is 30.8 Å². The lowest BCUT2D eigenvalue weighted by Gasteiger charge is -2.35. The molecule has 1 amide bonds. The minimum absolute atomic E-state index is 0.0206. The lowest BCUT2D eigenvalue weighted by Crippen LogP contribution is -2.46. The Morgan fingerprint density at radius 1 is 1.41 bits per heavy atom. The summed E-state index contributed by atoms with van der Waals surface area (Å²) in [5.41, 5.74) is 1.40. The SMILES string of the molecule is CCC1Oc2c(OC)cc(CO)cc2N(CCC(C)C)C1=O. The van der Waals surface area contributed by atoms with Gasteiger partial charge in [0.05, 0.1) is 19.4 Å². The molecule has 22 heavy (non-hydrogen) atoms. The van der Waals surface area contributed by atoms with E-state index in [1.165, 1.54) is 0 Å². The second-order valence-electron chi connectivity index (χ2n) is 5.99. The third kappa shape index (κ3) is 3.19. The summed E-state index contributed by atoms with van der Waals surface area (Å²) in [5, 5.41) is 9.43. The number of hydrogen-bond donors (Lipinski definition) is 1. The van der Waals surface area contributed by atoms with E-state index in [0.717, 1.165) is 6.42 Å². The van der Waals surface area contributed by atoms with Crippen molar-refractivity contribution in [1.29, 1.82) is 0 Å². The molecular formula is C17H25NO4. The molecule has 0 aliphatic carbocycles. The van der Waals surface area contributed by atoms with Crippen molar-refractivity contribution in [2.75, 3.05) is 18.6 Å². The highest BCUT2D eigenvalue weighted by Gasteiger charge is 2.35. The molecule has 5 heteroatoms. The van der Waals surface area contributed by atoms with Crippen molar-refractivity contribution in [3.63, 3.8) is 0 Å². The van der Waals surface area contributed by atoms with Gasteiger partial charge in [-0.1, -0.05) is 20.8 Å². The quantitative estimate of drug-likeness (QED) is 0.878. The normalized spacial score (nSPS) is 17.5. The minimum Gasteiger partial charge on any atom is -0.493 e. The van der Waals surface area contributed by atoms with E-state index in [1.807, 2.05) is 13.0 Å². The summed E-state index contributed by atoms with van der Waals surface area (Å²) in [6, 6.07) is 3.56. The van der Waals surface area contributed by atoms with E-state index >= 15 is 0 Å². The Bertz CT molecular complexity index is 542. The molecule has 1 N–H and O–H groups in total. The molecule has 1 heterocycles. The molecule has 1 aliphatic heterocycles. The highest BCUT2D eigenvalue weighted by atomic mass is 16.5. The van der Waals surface area contributed by atoms with Crippen molar-refractivity contribution in [3.8, 4) is 11.5 Å². The molecule has 1 unspecified atom stereocenters. The highest BCUT2D eigenvalue weighted by molar-refractivity contribution is 6.00. The number of carbonyl (C=O) groups excluding carboxylic acids is 1. The van der Waals surface area contributed by atoms with Gasteiger partial charge in [-0.2, -0.15) is 0 Å². The number of amides is 1. The summed E-state index contributed by atoms with van der Waals surface area (Å²) in [6.07, 6.45) is 1.04. The Labute approximate surface area is 131 Å². The van der Waals surface area contributed by atoms with Gasteiger partial charge >= 0.3 is 0 Å². The fourth-order valence-electron chi connectivity index (χ4n) is 2.57. The number of rotatable bonds is 6. The van der Waals surface area contributed by atoms with Crippen molar-refractivity contribution < 1.29 is 19.4 Å². The maximum Gasteiger partial charge on any atom is 0.268 e. The van der Waals surface area contributed by atoms with Crippen molar-refractivity contribution in [2.24, 2.45) is 5.92 Å². The summed E-state index contributed by atoms with van der Waals surface area (Å²) in [6.45, 7) is 6.74. The number of aliphatic hydroxyl groups excluding tert-OH is 1. The van der Waals surface area contributed by atoms with Crippen LogP contribution in [-0.2, 0) is 11.4 Å². The molecule has 0 saturated heterocycles. The van der Waals surface area contributed by atoms with Crippen LogP contribution in [0.3, 0.4) is 0 Å². The highest BCUT2D eigenvalue weighted by Crippen LogP contribution is 2.43. The molecule has 0 spiro atoms. The molecule has 0 radical (unpaired) electrons. The Balaban J connectivity index is 2.47. The molecule has 122 valence electrons. The van der Waals surface area contributed by atoms with Gasteiger partial charge in [-0.3, -0.25) is 4.79 Å². The lowest BCUT2D eigenvalue weighted by molar-refractivity contribution is -0.126. The van der Waals surface area contributed by atoms with E-state index in [1.54, 1.807) is 18.1 Å². The molecule has 1 aromatic carbocycles. The van der Waals surface area contributed by atoms with Crippen LogP contribution < -0.4 is 14.4 Å². The van der Waals surface area contributed by atoms with Crippen molar-refractivity contribution >= 4 is 11.6 Å². The summed E-state index contributed by atoms with van der Waals surface area (Å²) < 4.78 is 11.2. The second kappa shape index (κ2) is 7.01. The second-order valence-corrected chi connectivity index (χ2v) is 5.99. The molecular weight excluding hydrogens is 282 g/mol. The van der Waals surface area contributed by atoms with Crippen LogP contribution in [0.15, 0.2) is 12.1 Å². The number of ether oxygens (including phenoxy) is 2. The first-order chi connectivity index (χ1) is 10.5. The zero-order valence-electron chi connectivity index (χ0n) is 13.8. The molecule has 1 aromatic rings. The molecule has 0 saturated carbocycles. The van der Waals surface area contributed by atoms with Gasteiger partial charge in [-0.15, -0.1) is 0 Å². The van der Waals surface area contributed by atoms with Crippen molar-refractivity contribution in [1.82, 2.24) is 0 Å². The Kier molecular flexibility index (Phi) is 5.29. The van der Waals surface area contributed by atoms with Gasteiger partial charge in [0.15, 0.2) is 17.6 Å². The van der Waals surface area contributed by atoms with E-state index < -0.39 is 6.10 Å². The van der Waals surface area contributed by atoms with E-state index in [2.05, 4.69) is 13.8 Å². The van der Waals surface area contributed by atoms with E-state index in [4.69, 9.17) is 9.47 Å². The maximum absolute atomic E-state index is 12.6. The maximum atomic E-state index is 12.6. The Hall–Kier alpha value is -1.75. The largest absolute Gasteiger partial charge is 0.493 e. The first kappa shape index (κ1) is 16.6. The summed E-state index contributed by atoms with van der Waals surface area (Å²) in [5.74, 6) is 1.63. The van der Waals surface area contributed by atoms with Crippen LogP contribution in [0.1, 0.15) is 39.2 Å². The smallest absolute Gasteiger partial charge is 0.268 e. The van der Waals surface area contributed by atoms with E-state index in [0.29, 0.717) is 41.6 Å². The number of anilines is 1. The summed E-state index contributed by atoms with van der Waals surface area (Å²) in [4.78, 5) is 14.4. The predicted molar refractivity (Wildman–Crippen MR) is 85.4 cm³/mol. The fraction of sp³-hybridized carbons (Fsp3) is 0.588. The fourth-order valence-corrected chi connectivity index (χ4v) is 2.57. The lowest BCUT2D eigenvalue weighted by atomic mass is 10.1. The van der Waals surface area contributed by atoms with Gasteiger partial charge in [0.2, 0.25) is 0 Å². The standard InChI is InChI=1S/C17H25NO4/c1-5-14-17(20)18(7-6-11(2)3)13-8-12(10-19)9-15(21-4)16(13)22-14/h8-9,11,14,19H,5-7,10H2,1-4H3. The van der Waals surface area contributed by atoms with Gasteiger partial charge in [-0.25, -0.2) is 0 Å². The molecule has 0 fully saturated rings. The summed E-state index contributed by atoms with van der Waals surface area (Å²) >= 11 is 0. The van der Waals surface area contributed by atoms with Gasteiger partial charge in [-0.05, 0) is 36.5 Å². The number of nitrogens with zero attached hydrogens (tertiary/aromatic N) is 1. The molecule has 1 atom stereocenters.